The Kier molecular flexibility index (Phi) is 6.87. The number of anilines is 1. The van der Waals surface area contributed by atoms with Crippen LogP contribution in [0.15, 0.2) is 24.3 Å². The Morgan fingerprint density at radius 2 is 2.00 bits per heavy atom. The maximum Gasteiger partial charge on any atom is 0.257 e. The van der Waals surface area contributed by atoms with E-state index in [1.165, 1.54) is 0 Å². The van der Waals surface area contributed by atoms with E-state index in [1.54, 1.807) is 29.0 Å². The Hall–Kier alpha value is -2.45. The first kappa shape index (κ1) is 21.3. The highest BCUT2D eigenvalue weighted by Gasteiger charge is 2.52. The number of fused-ring (bicyclic) bond motifs is 3. The third kappa shape index (κ3) is 4.43. The maximum absolute atomic E-state index is 13.1. The van der Waals surface area contributed by atoms with Gasteiger partial charge in [-0.1, -0.05) is 12.1 Å². The lowest BCUT2D eigenvalue weighted by Gasteiger charge is -2.48. The maximum atomic E-state index is 13.1. The van der Waals surface area contributed by atoms with Gasteiger partial charge in [0.25, 0.3) is 5.91 Å². The predicted molar refractivity (Wildman–Crippen MR) is 108 cm³/mol. The van der Waals surface area contributed by atoms with Crippen molar-refractivity contribution in [3.63, 3.8) is 0 Å². The van der Waals surface area contributed by atoms with Gasteiger partial charge >= 0.3 is 0 Å². The minimum atomic E-state index is -0.724. The third-order valence-electron chi connectivity index (χ3n) is 5.53. The van der Waals surface area contributed by atoms with Crippen LogP contribution < -0.4 is 10.2 Å². The summed E-state index contributed by atoms with van der Waals surface area (Å²) in [6.45, 7) is 4.34. The van der Waals surface area contributed by atoms with Crippen LogP contribution >= 0.6 is 0 Å². The molecule has 0 saturated carbocycles. The first-order valence-electron chi connectivity index (χ1n) is 10.1. The second-order valence-electron chi connectivity index (χ2n) is 7.48. The fourth-order valence-electron chi connectivity index (χ4n) is 3.99. The summed E-state index contributed by atoms with van der Waals surface area (Å²) < 4.78 is 10.3. The largest absolute Gasteiger partial charge is 0.382 e. The van der Waals surface area contributed by atoms with Crippen LogP contribution in [-0.4, -0.2) is 68.3 Å². The van der Waals surface area contributed by atoms with E-state index in [-0.39, 0.29) is 30.7 Å². The first-order chi connectivity index (χ1) is 14.0. The van der Waals surface area contributed by atoms with Gasteiger partial charge in [-0.05, 0) is 31.9 Å². The second kappa shape index (κ2) is 9.37. The van der Waals surface area contributed by atoms with Crippen LogP contribution in [0.4, 0.5) is 5.69 Å². The van der Waals surface area contributed by atoms with E-state index in [4.69, 9.17) is 9.47 Å². The molecule has 3 amide bonds. The number of nitrogens with one attached hydrogen (secondary N) is 1. The number of ether oxygens (including phenoxy) is 2. The molecule has 2 heterocycles. The molecule has 0 radical (unpaired) electrons. The Balaban J connectivity index is 1.56. The molecule has 29 heavy (non-hydrogen) atoms. The Morgan fingerprint density at radius 1 is 1.21 bits per heavy atom. The van der Waals surface area contributed by atoms with Gasteiger partial charge in [-0.2, -0.15) is 0 Å². The predicted octanol–water partition coefficient (Wildman–Crippen LogP) is 1.54. The second-order valence-corrected chi connectivity index (χ2v) is 7.48. The van der Waals surface area contributed by atoms with Crippen molar-refractivity contribution in [2.75, 3.05) is 44.9 Å². The zero-order valence-corrected chi connectivity index (χ0v) is 17.1. The molecule has 8 heteroatoms. The third-order valence-corrected chi connectivity index (χ3v) is 5.53. The average molecular weight is 403 g/mol. The van der Waals surface area contributed by atoms with Crippen LogP contribution in [-0.2, 0) is 19.1 Å². The summed E-state index contributed by atoms with van der Waals surface area (Å²) in [5, 5.41) is 2.86. The van der Waals surface area contributed by atoms with Crippen LogP contribution in [0.25, 0.3) is 0 Å². The van der Waals surface area contributed by atoms with E-state index < -0.39 is 5.66 Å². The number of methoxy groups -OCH3 is 1. The van der Waals surface area contributed by atoms with Gasteiger partial charge in [0, 0.05) is 39.6 Å². The van der Waals surface area contributed by atoms with Crippen LogP contribution in [0.3, 0.4) is 0 Å². The van der Waals surface area contributed by atoms with Gasteiger partial charge in [-0.15, -0.1) is 0 Å². The molecule has 1 fully saturated rings. The summed E-state index contributed by atoms with van der Waals surface area (Å²) >= 11 is 0. The lowest BCUT2D eigenvalue weighted by atomic mass is 9.98. The Labute approximate surface area is 171 Å². The molecule has 2 aliphatic rings. The highest BCUT2D eigenvalue weighted by molar-refractivity contribution is 6.10. The fraction of sp³-hybridized carbons (Fsp3) is 0.571. The molecule has 0 spiro atoms. The molecule has 0 bridgehead atoms. The van der Waals surface area contributed by atoms with Gasteiger partial charge in [-0.3, -0.25) is 19.3 Å². The molecule has 1 saturated heterocycles. The van der Waals surface area contributed by atoms with Gasteiger partial charge in [0.2, 0.25) is 11.8 Å². The lowest BCUT2D eigenvalue weighted by Crippen LogP contribution is -2.62. The fourth-order valence-corrected chi connectivity index (χ4v) is 3.99. The molecule has 158 valence electrons. The van der Waals surface area contributed by atoms with E-state index in [0.29, 0.717) is 56.9 Å². The molecule has 0 unspecified atom stereocenters. The molecule has 1 atom stereocenters. The van der Waals surface area contributed by atoms with Crippen molar-refractivity contribution in [2.24, 2.45) is 0 Å². The first-order valence-corrected chi connectivity index (χ1v) is 10.1. The molecule has 0 aromatic heterocycles. The molecule has 0 aliphatic carbocycles. The molecule has 2 aliphatic heterocycles. The number of carbonyl (C=O) groups excluding carboxylic acids is 3. The van der Waals surface area contributed by atoms with Gasteiger partial charge in [0.15, 0.2) is 0 Å². The van der Waals surface area contributed by atoms with Crippen molar-refractivity contribution in [1.29, 1.82) is 0 Å². The van der Waals surface area contributed by atoms with Crippen LogP contribution in [0.2, 0.25) is 0 Å². The summed E-state index contributed by atoms with van der Waals surface area (Å²) in [6.07, 6.45) is 1.86. The Bertz CT molecular complexity index is 768. The van der Waals surface area contributed by atoms with Crippen molar-refractivity contribution < 1.29 is 23.9 Å². The van der Waals surface area contributed by atoms with Crippen molar-refractivity contribution in [3.05, 3.63) is 29.8 Å². The minimum Gasteiger partial charge on any atom is -0.382 e. The molecule has 8 nitrogen and oxygen atoms in total. The molecule has 3 rings (SSSR count). The monoisotopic (exact) mass is 403 g/mol. The number of amides is 3. The minimum absolute atomic E-state index is 0.00961. The number of para-hydroxylation sites is 1. The zero-order valence-electron chi connectivity index (χ0n) is 17.1. The summed E-state index contributed by atoms with van der Waals surface area (Å²) in [5.41, 5.74) is 0.448. The summed E-state index contributed by atoms with van der Waals surface area (Å²) in [4.78, 5) is 41.3. The summed E-state index contributed by atoms with van der Waals surface area (Å²) in [6, 6.07) is 7.17. The zero-order chi connectivity index (χ0) is 20.9. The van der Waals surface area contributed by atoms with Crippen molar-refractivity contribution in [3.8, 4) is 0 Å². The highest BCUT2D eigenvalue weighted by Crippen LogP contribution is 2.43. The number of nitrogens with zero attached hydrogens (tertiary/aromatic N) is 2. The van der Waals surface area contributed by atoms with Gasteiger partial charge in [0.1, 0.15) is 5.66 Å². The van der Waals surface area contributed by atoms with Gasteiger partial charge in [0.05, 0.1) is 24.5 Å². The van der Waals surface area contributed by atoms with Crippen LogP contribution in [0.5, 0.6) is 0 Å². The molecule has 1 aromatic rings. The molecule has 1 aromatic carbocycles. The van der Waals surface area contributed by atoms with Crippen LogP contribution in [0, 0.1) is 0 Å². The molecule has 1 N–H and O–H groups in total. The molecular formula is C21H29N3O5. The van der Waals surface area contributed by atoms with E-state index >= 15 is 0 Å². The smallest absolute Gasteiger partial charge is 0.257 e. The average Bonchev–Trinajstić information content (AvgIpc) is 3.02. The molecular weight excluding hydrogens is 374 g/mol. The van der Waals surface area contributed by atoms with E-state index in [1.807, 2.05) is 19.1 Å². The normalized spacial score (nSPS) is 20.6. The lowest BCUT2D eigenvalue weighted by molar-refractivity contribution is -0.121. The number of benzene rings is 1. The number of rotatable bonds is 10. The topological polar surface area (TPSA) is 88.2 Å². The quantitative estimate of drug-likeness (QED) is 0.599. The van der Waals surface area contributed by atoms with Crippen LogP contribution in [0.1, 0.15) is 43.0 Å². The number of hydrogen-bond donors (Lipinski definition) is 1. The van der Waals surface area contributed by atoms with E-state index in [9.17, 15) is 14.4 Å². The van der Waals surface area contributed by atoms with Gasteiger partial charge in [-0.25, -0.2) is 0 Å². The number of hydrogen-bond acceptors (Lipinski definition) is 5. The standard InChI is InChI=1S/C21H29N3O5/c1-21-10-8-19(26)24(21)17-7-4-3-6-16(17)20(27)23(21)12-9-18(25)22-11-5-13-29-15-14-28-2/h3-4,6-7H,5,8-15H2,1-2H3,(H,22,25)/t21-/m1/s1. The SMILES string of the molecule is COCCOCCCNC(=O)CCN1C(=O)c2ccccc2N2C(=O)CC[C@]12C. The highest BCUT2D eigenvalue weighted by atomic mass is 16.5. The van der Waals surface area contributed by atoms with Crippen molar-refractivity contribution >= 4 is 23.4 Å². The van der Waals surface area contributed by atoms with Crippen molar-refractivity contribution in [1.82, 2.24) is 10.2 Å². The van der Waals surface area contributed by atoms with Crippen molar-refractivity contribution in [2.45, 2.75) is 38.3 Å². The van der Waals surface area contributed by atoms with Gasteiger partial charge < -0.3 is 19.7 Å². The number of carbonyl (C=O) groups is 3. The van der Waals surface area contributed by atoms with E-state index in [0.717, 1.165) is 0 Å². The van der Waals surface area contributed by atoms with E-state index in [2.05, 4.69) is 5.32 Å². The summed E-state index contributed by atoms with van der Waals surface area (Å²) in [7, 11) is 1.62. The summed E-state index contributed by atoms with van der Waals surface area (Å²) in [5.74, 6) is -0.239. The Morgan fingerprint density at radius 3 is 2.79 bits per heavy atom.